The van der Waals surface area contributed by atoms with E-state index < -0.39 is 0 Å². The Morgan fingerprint density at radius 2 is 1.90 bits per heavy atom. The summed E-state index contributed by atoms with van der Waals surface area (Å²) >= 11 is 0. The van der Waals surface area contributed by atoms with Crippen LogP contribution < -0.4 is 5.73 Å². The van der Waals surface area contributed by atoms with Gasteiger partial charge in [-0.05, 0) is 5.56 Å². The molecule has 2 heteroatoms. The van der Waals surface area contributed by atoms with Crippen LogP contribution in [-0.2, 0) is 0 Å². The van der Waals surface area contributed by atoms with E-state index in [9.17, 15) is 0 Å². The largest absolute Gasteiger partial charge is 0.380 e. The van der Waals surface area contributed by atoms with Crippen molar-refractivity contribution in [1.29, 1.82) is 0 Å². The molecule has 0 fully saturated rings. The second kappa shape index (κ2) is 3.34. The Morgan fingerprint density at radius 1 is 1.30 bits per heavy atom. The predicted molar refractivity (Wildman–Crippen MR) is 39.8 cm³/mol. The van der Waals surface area contributed by atoms with Crippen LogP contribution in [0.5, 0.6) is 0 Å². The number of aliphatic hydroxyl groups is 1. The van der Waals surface area contributed by atoms with Gasteiger partial charge >= 0.3 is 0 Å². The highest BCUT2D eigenvalue weighted by atomic mass is 16.3. The zero-order valence-electron chi connectivity index (χ0n) is 5.62. The summed E-state index contributed by atoms with van der Waals surface area (Å²) in [6.07, 6.45) is 0.237. The molecule has 0 amide bonds. The van der Waals surface area contributed by atoms with E-state index in [4.69, 9.17) is 10.8 Å². The third-order valence-corrected chi connectivity index (χ3v) is 1.30. The lowest BCUT2D eigenvalue weighted by atomic mass is 10.1. The van der Waals surface area contributed by atoms with Crippen molar-refractivity contribution >= 4 is 0 Å². The Hall–Kier alpha value is -0.860. The van der Waals surface area contributed by atoms with Gasteiger partial charge in [0, 0.05) is 6.54 Å². The average molecular weight is 136 g/mol. The van der Waals surface area contributed by atoms with Crippen molar-refractivity contribution in [1.82, 2.24) is 0 Å². The lowest BCUT2D eigenvalue weighted by molar-refractivity contribution is 0.329. The summed E-state index contributed by atoms with van der Waals surface area (Å²) in [5, 5.41) is 9.12. The monoisotopic (exact) mass is 136 g/mol. The molecule has 2 nitrogen and oxygen atoms in total. The van der Waals surface area contributed by atoms with E-state index in [0.29, 0.717) is 0 Å². The van der Waals surface area contributed by atoms with Gasteiger partial charge < -0.3 is 10.8 Å². The van der Waals surface area contributed by atoms with Gasteiger partial charge in [-0.2, -0.15) is 0 Å². The molecule has 0 spiro atoms. The second-order valence-electron chi connectivity index (χ2n) is 2.02. The van der Waals surface area contributed by atoms with E-state index in [-0.39, 0.29) is 12.6 Å². The molecule has 0 bridgehead atoms. The van der Waals surface area contributed by atoms with Gasteiger partial charge in [-0.1, -0.05) is 30.3 Å². The first-order valence-corrected chi connectivity index (χ1v) is 3.15. The first kappa shape index (κ1) is 7.25. The smallest absolute Gasteiger partial charge is 0.136 e. The summed E-state index contributed by atoms with van der Waals surface area (Å²) in [6.45, 7) is 0.198. The summed E-state index contributed by atoms with van der Waals surface area (Å²) in [4.78, 5) is 0. The summed E-state index contributed by atoms with van der Waals surface area (Å²) < 4.78 is 0. The zero-order chi connectivity index (χ0) is 7.40. The Morgan fingerprint density at radius 3 is 2.40 bits per heavy atom. The van der Waals surface area contributed by atoms with Crippen LogP contribution in [0, 0.1) is 6.10 Å². The predicted octanol–water partition coefficient (Wildman–Crippen LogP) is 0.898. The van der Waals surface area contributed by atoms with Crippen molar-refractivity contribution in [2.24, 2.45) is 5.73 Å². The molecule has 0 saturated carbocycles. The van der Waals surface area contributed by atoms with E-state index in [1.165, 1.54) is 0 Å². The van der Waals surface area contributed by atoms with Crippen molar-refractivity contribution in [3.05, 3.63) is 42.0 Å². The molecule has 10 heavy (non-hydrogen) atoms. The fourth-order valence-corrected chi connectivity index (χ4v) is 0.748. The summed E-state index contributed by atoms with van der Waals surface area (Å²) in [6, 6.07) is 9.26. The molecule has 0 aromatic heterocycles. The van der Waals surface area contributed by atoms with E-state index in [1.54, 1.807) is 0 Å². The van der Waals surface area contributed by atoms with Crippen LogP contribution in [0.2, 0.25) is 0 Å². The maximum absolute atomic E-state index is 9.12. The quantitative estimate of drug-likeness (QED) is 0.634. The lowest BCUT2D eigenvalue weighted by Gasteiger charge is -2.04. The van der Waals surface area contributed by atoms with Crippen LogP contribution in [0.1, 0.15) is 5.56 Å². The molecule has 0 atom stereocenters. The Labute approximate surface area is 60.3 Å². The van der Waals surface area contributed by atoms with Gasteiger partial charge in [-0.25, -0.2) is 0 Å². The summed E-state index contributed by atoms with van der Waals surface area (Å²) in [7, 11) is 0. The molecule has 3 N–H and O–H groups in total. The lowest BCUT2D eigenvalue weighted by Crippen LogP contribution is -2.11. The fraction of sp³-hybridized carbons (Fsp3) is 0.125. The van der Waals surface area contributed by atoms with E-state index in [1.807, 2.05) is 30.3 Å². The zero-order valence-corrected chi connectivity index (χ0v) is 5.62. The minimum Gasteiger partial charge on any atom is -0.380 e. The number of hydrogen-bond acceptors (Lipinski definition) is 2. The van der Waals surface area contributed by atoms with Crippen LogP contribution in [-0.4, -0.2) is 11.7 Å². The first-order chi connectivity index (χ1) is 4.84. The third-order valence-electron chi connectivity index (χ3n) is 1.30. The number of hydrogen-bond donors (Lipinski definition) is 2. The van der Waals surface area contributed by atoms with E-state index in [0.717, 1.165) is 5.56 Å². The number of aliphatic hydroxyl groups excluding tert-OH is 1. The molecule has 0 aliphatic heterocycles. The minimum atomic E-state index is 0.198. The molecule has 1 aromatic rings. The van der Waals surface area contributed by atoms with E-state index in [2.05, 4.69) is 0 Å². The van der Waals surface area contributed by atoms with Crippen molar-refractivity contribution in [3.8, 4) is 0 Å². The van der Waals surface area contributed by atoms with Gasteiger partial charge in [-0.3, -0.25) is 0 Å². The number of benzene rings is 1. The Balaban J connectivity index is 2.75. The highest BCUT2D eigenvalue weighted by Gasteiger charge is 2.02. The molecule has 0 aliphatic carbocycles. The van der Waals surface area contributed by atoms with Crippen molar-refractivity contribution < 1.29 is 5.11 Å². The molecule has 53 valence electrons. The summed E-state index contributed by atoms with van der Waals surface area (Å²) in [5.74, 6) is 0. The molecule has 0 saturated heterocycles. The molecular formula is C8H10NO. The Kier molecular flexibility index (Phi) is 2.42. The molecule has 1 aromatic carbocycles. The van der Waals surface area contributed by atoms with Crippen molar-refractivity contribution in [2.45, 2.75) is 0 Å². The van der Waals surface area contributed by atoms with Crippen molar-refractivity contribution in [3.63, 3.8) is 0 Å². The normalized spacial score (nSPS) is 10.3. The third kappa shape index (κ3) is 1.56. The molecule has 1 radical (unpaired) electrons. The minimum absolute atomic E-state index is 0.198. The first-order valence-electron chi connectivity index (χ1n) is 3.15. The molecular weight excluding hydrogens is 126 g/mol. The topological polar surface area (TPSA) is 46.2 Å². The number of nitrogens with two attached hydrogens (primary N) is 1. The number of rotatable bonds is 2. The van der Waals surface area contributed by atoms with Gasteiger partial charge in [-0.15, -0.1) is 0 Å². The van der Waals surface area contributed by atoms with Crippen LogP contribution in [0.15, 0.2) is 30.3 Å². The maximum atomic E-state index is 9.12. The SMILES string of the molecule is NC[C](O)c1ccccc1. The van der Waals surface area contributed by atoms with Crippen LogP contribution in [0.4, 0.5) is 0 Å². The fourth-order valence-electron chi connectivity index (χ4n) is 0.748. The van der Waals surface area contributed by atoms with Crippen LogP contribution in [0.3, 0.4) is 0 Å². The van der Waals surface area contributed by atoms with E-state index >= 15 is 0 Å². The second-order valence-corrected chi connectivity index (χ2v) is 2.02. The highest BCUT2D eigenvalue weighted by Crippen LogP contribution is 2.07. The van der Waals surface area contributed by atoms with Crippen molar-refractivity contribution in [2.75, 3.05) is 6.54 Å². The average Bonchev–Trinajstić information content (AvgIpc) is 2.05. The Bertz CT molecular complexity index is 186. The van der Waals surface area contributed by atoms with Crippen LogP contribution >= 0.6 is 0 Å². The van der Waals surface area contributed by atoms with Gasteiger partial charge in [0.05, 0.1) is 0 Å². The molecule has 0 aliphatic rings. The highest BCUT2D eigenvalue weighted by molar-refractivity contribution is 5.26. The van der Waals surface area contributed by atoms with Crippen LogP contribution in [0.25, 0.3) is 0 Å². The molecule has 1 rings (SSSR count). The molecule has 0 heterocycles. The van der Waals surface area contributed by atoms with Gasteiger partial charge in [0.1, 0.15) is 6.10 Å². The van der Waals surface area contributed by atoms with Gasteiger partial charge in [0.25, 0.3) is 0 Å². The standard InChI is InChI=1S/C8H10NO/c9-6-8(10)7-4-2-1-3-5-7/h1-5,10H,6,9H2. The molecule has 0 unspecified atom stereocenters. The maximum Gasteiger partial charge on any atom is 0.136 e. The summed E-state index contributed by atoms with van der Waals surface area (Å²) in [5.41, 5.74) is 6.01. The van der Waals surface area contributed by atoms with Gasteiger partial charge in [0.15, 0.2) is 0 Å². The van der Waals surface area contributed by atoms with Gasteiger partial charge in [0.2, 0.25) is 0 Å².